The van der Waals surface area contributed by atoms with Crippen LogP contribution in [0.25, 0.3) is 16.9 Å². The summed E-state index contributed by atoms with van der Waals surface area (Å²) >= 11 is 1.87. The summed E-state index contributed by atoms with van der Waals surface area (Å²) in [7, 11) is 1.86. The Morgan fingerprint density at radius 3 is 2.82 bits per heavy atom. The fourth-order valence-corrected chi connectivity index (χ4v) is 3.68. The lowest BCUT2D eigenvalue weighted by molar-refractivity contribution is 0.762. The summed E-state index contributed by atoms with van der Waals surface area (Å²) in [5.41, 5.74) is 2.62. The van der Waals surface area contributed by atoms with Crippen LogP contribution in [0.1, 0.15) is 19.2 Å². The molecule has 0 amide bonds. The molecule has 4 aromatic rings. The Morgan fingerprint density at radius 2 is 2.07 bits per heavy atom. The van der Waals surface area contributed by atoms with Gasteiger partial charge >= 0.3 is 0 Å². The second kappa shape index (κ2) is 7.97. The standard InChI is InChI=1S/C19H22N8S/c1-4-14(28-3)12-18-25-24-17-11-13(7-10-27(17)18)15-5-8-20-19(22-15)23-16-6-9-21-26(16)2/h5-11,14H,4,12H2,1-3H3,(H,20,22,23). The van der Waals surface area contributed by atoms with Crippen molar-refractivity contribution in [2.45, 2.75) is 25.0 Å². The Bertz CT molecular complexity index is 1080. The first-order chi connectivity index (χ1) is 13.7. The number of hydrogen-bond donors (Lipinski definition) is 1. The highest BCUT2D eigenvalue weighted by molar-refractivity contribution is 7.99. The minimum absolute atomic E-state index is 0.522. The van der Waals surface area contributed by atoms with Gasteiger partial charge in [-0.15, -0.1) is 10.2 Å². The molecule has 0 aliphatic rings. The van der Waals surface area contributed by atoms with Crippen LogP contribution in [-0.4, -0.2) is 45.9 Å². The normalized spacial score (nSPS) is 12.4. The van der Waals surface area contributed by atoms with Gasteiger partial charge < -0.3 is 5.32 Å². The lowest BCUT2D eigenvalue weighted by Gasteiger charge is -2.10. The van der Waals surface area contributed by atoms with Crippen LogP contribution in [0.15, 0.2) is 42.9 Å². The molecular formula is C19H22N8S. The van der Waals surface area contributed by atoms with E-state index in [1.807, 2.05) is 49.3 Å². The predicted octanol–water partition coefficient (Wildman–Crippen LogP) is 3.35. The molecule has 28 heavy (non-hydrogen) atoms. The molecule has 1 unspecified atom stereocenters. The van der Waals surface area contributed by atoms with Crippen molar-refractivity contribution in [3.05, 3.63) is 48.7 Å². The zero-order chi connectivity index (χ0) is 19.5. The van der Waals surface area contributed by atoms with Crippen LogP contribution < -0.4 is 5.32 Å². The average molecular weight is 395 g/mol. The quantitative estimate of drug-likeness (QED) is 0.514. The summed E-state index contributed by atoms with van der Waals surface area (Å²) in [6, 6.07) is 7.80. The molecule has 0 aliphatic carbocycles. The van der Waals surface area contributed by atoms with Crippen LogP contribution in [0.2, 0.25) is 0 Å². The molecule has 4 heterocycles. The molecule has 0 saturated heterocycles. The Morgan fingerprint density at radius 1 is 1.18 bits per heavy atom. The minimum atomic E-state index is 0.522. The highest BCUT2D eigenvalue weighted by Gasteiger charge is 2.13. The number of thioether (sulfide) groups is 1. The maximum atomic E-state index is 4.62. The van der Waals surface area contributed by atoms with E-state index < -0.39 is 0 Å². The van der Waals surface area contributed by atoms with Crippen molar-refractivity contribution in [3.8, 4) is 11.3 Å². The molecule has 1 atom stereocenters. The molecular weight excluding hydrogens is 372 g/mol. The topological polar surface area (TPSA) is 85.8 Å². The lowest BCUT2D eigenvalue weighted by Crippen LogP contribution is -2.08. The summed E-state index contributed by atoms with van der Waals surface area (Å²) in [6.07, 6.45) is 9.64. The predicted molar refractivity (Wildman–Crippen MR) is 112 cm³/mol. The van der Waals surface area contributed by atoms with Gasteiger partial charge in [-0.2, -0.15) is 16.9 Å². The molecule has 0 radical (unpaired) electrons. The number of anilines is 2. The Labute approximate surface area is 167 Å². The number of aryl methyl sites for hydroxylation is 1. The van der Waals surface area contributed by atoms with Gasteiger partial charge in [0.25, 0.3) is 0 Å². The Balaban J connectivity index is 1.61. The van der Waals surface area contributed by atoms with Crippen LogP contribution in [0, 0.1) is 0 Å². The van der Waals surface area contributed by atoms with Crippen molar-refractivity contribution >= 4 is 29.2 Å². The molecule has 144 valence electrons. The number of fused-ring (bicyclic) bond motifs is 1. The van der Waals surface area contributed by atoms with E-state index in [1.54, 1.807) is 17.1 Å². The molecule has 0 bridgehead atoms. The lowest BCUT2D eigenvalue weighted by atomic mass is 10.2. The summed E-state index contributed by atoms with van der Waals surface area (Å²) in [5.74, 6) is 2.34. The fraction of sp³-hybridized carbons (Fsp3) is 0.316. The van der Waals surface area contributed by atoms with Gasteiger partial charge in [0.05, 0.1) is 11.9 Å². The third-order valence-corrected chi connectivity index (χ3v) is 5.86. The largest absolute Gasteiger partial charge is 0.309 e. The second-order valence-corrected chi connectivity index (χ2v) is 7.60. The monoisotopic (exact) mass is 394 g/mol. The zero-order valence-electron chi connectivity index (χ0n) is 16.1. The van der Waals surface area contributed by atoms with Crippen LogP contribution >= 0.6 is 11.8 Å². The summed E-state index contributed by atoms with van der Waals surface area (Å²) in [4.78, 5) is 8.92. The molecule has 4 rings (SSSR count). The molecule has 0 spiro atoms. The molecule has 4 aromatic heterocycles. The van der Waals surface area contributed by atoms with Crippen molar-refractivity contribution in [2.24, 2.45) is 7.05 Å². The molecule has 0 aliphatic heterocycles. The van der Waals surface area contributed by atoms with Crippen molar-refractivity contribution in [1.29, 1.82) is 0 Å². The van der Waals surface area contributed by atoms with Crippen molar-refractivity contribution in [1.82, 2.24) is 34.3 Å². The third-order valence-electron chi connectivity index (χ3n) is 4.69. The van der Waals surface area contributed by atoms with Gasteiger partial charge in [0.1, 0.15) is 11.6 Å². The van der Waals surface area contributed by atoms with E-state index in [0.717, 1.165) is 41.4 Å². The van der Waals surface area contributed by atoms with Gasteiger partial charge in [-0.05, 0) is 30.9 Å². The fourth-order valence-electron chi connectivity index (χ4n) is 3.03. The molecule has 0 aromatic carbocycles. The molecule has 9 heteroatoms. The van der Waals surface area contributed by atoms with Gasteiger partial charge in [0, 0.05) is 42.7 Å². The van der Waals surface area contributed by atoms with Crippen LogP contribution in [0.3, 0.4) is 0 Å². The van der Waals surface area contributed by atoms with E-state index in [9.17, 15) is 0 Å². The summed E-state index contributed by atoms with van der Waals surface area (Å²) < 4.78 is 3.79. The Hall–Kier alpha value is -2.94. The SMILES string of the molecule is CCC(Cc1nnc2cc(-c3ccnc(Nc4ccnn4C)n3)ccn12)SC. The van der Waals surface area contributed by atoms with Crippen molar-refractivity contribution in [3.63, 3.8) is 0 Å². The first kappa shape index (κ1) is 18.4. The smallest absolute Gasteiger partial charge is 0.228 e. The van der Waals surface area contributed by atoms with E-state index in [0.29, 0.717) is 11.2 Å². The highest BCUT2D eigenvalue weighted by Crippen LogP contribution is 2.22. The first-order valence-electron chi connectivity index (χ1n) is 9.13. The van der Waals surface area contributed by atoms with Gasteiger partial charge in [-0.3, -0.25) is 9.08 Å². The van der Waals surface area contributed by atoms with Gasteiger partial charge in [0.15, 0.2) is 5.65 Å². The number of rotatable bonds is 7. The van der Waals surface area contributed by atoms with Crippen LogP contribution in [0.4, 0.5) is 11.8 Å². The van der Waals surface area contributed by atoms with Crippen molar-refractivity contribution < 1.29 is 0 Å². The number of nitrogens with one attached hydrogen (secondary N) is 1. The zero-order valence-corrected chi connectivity index (χ0v) is 16.9. The summed E-state index contributed by atoms with van der Waals surface area (Å²) in [5, 5.41) is 16.6. The second-order valence-electron chi connectivity index (χ2n) is 6.46. The van der Waals surface area contributed by atoms with Gasteiger partial charge in [-0.1, -0.05) is 6.92 Å². The highest BCUT2D eigenvalue weighted by atomic mass is 32.2. The Kier molecular flexibility index (Phi) is 5.25. The maximum Gasteiger partial charge on any atom is 0.228 e. The van der Waals surface area contributed by atoms with E-state index in [2.05, 4.69) is 48.2 Å². The van der Waals surface area contributed by atoms with E-state index in [-0.39, 0.29) is 0 Å². The number of aromatic nitrogens is 7. The molecule has 0 fully saturated rings. The van der Waals surface area contributed by atoms with E-state index in [1.165, 1.54) is 0 Å². The van der Waals surface area contributed by atoms with Gasteiger partial charge in [0.2, 0.25) is 5.95 Å². The van der Waals surface area contributed by atoms with Gasteiger partial charge in [-0.25, -0.2) is 9.97 Å². The minimum Gasteiger partial charge on any atom is -0.309 e. The van der Waals surface area contributed by atoms with Crippen LogP contribution in [-0.2, 0) is 13.5 Å². The van der Waals surface area contributed by atoms with Crippen LogP contribution in [0.5, 0.6) is 0 Å². The third kappa shape index (κ3) is 3.70. The average Bonchev–Trinajstić information content (AvgIpc) is 3.32. The van der Waals surface area contributed by atoms with Crippen molar-refractivity contribution in [2.75, 3.05) is 11.6 Å². The molecule has 0 saturated carbocycles. The first-order valence-corrected chi connectivity index (χ1v) is 10.4. The maximum absolute atomic E-state index is 4.62. The van der Waals surface area contributed by atoms with E-state index in [4.69, 9.17) is 0 Å². The van der Waals surface area contributed by atoms with E-state index >= 15 is 0 Å². The number of hydrogen-bond acceptors (Lipinski definition) is 7. The summed E-state index contributed by atoms with van der Waals surface area (Å²) in [6.45, 7) is 2.20. The number of pyridine rings is 1. The molecule has 8 nitrogen and oxygen atoms in total. The molecule has 1 N–H and O–H groups in total. The number of nitrogens with zero attached hydrogens (tertiary/aromatic N) is 7.